The fourth-order valence-corrected chi connectivity index (χ4v) is 3.56. The fraction of sp³-hybridized carbons (Fsp3) is 0.682. The first kappa shape index (κ1) is 20.9. The van der Waals surface area contributed by atoms with Crippen molar-refractivity contribution in [3.05, 3.63) is 29.8 Å². The Hall–Kier alpha value is -1.79. The first-order valence-electron chi connectivity index (χ1n) is 10.6. The number of guanidine groups is 1. The molecule has 1 unspecified atom stereocenters. The minimum Gasteiger partial charge on any atom is -0.490 e. The summed E-state index contributed by atoms with van der Waals surface area (Å²) in [5, 5.41) is 3.45. The molecule has 28 heavy (non-hydrogen) atoms. The molecular formula is C22H35N3O3. The van der Waals surface area contributed by atoms with Crippen molar-refractivity contribution in [2.24, 2.45) is 10.9 Å². The second-order valence-corrected chi connectivity index (χ2v) is 7.62. The van der Waals surface area contributed by atoms with E-state index in [9.17, 15) is 0 Å². The number of nitrogens with one attached hydrogen (secondary N) is 1. The molecule has 1 aliphatic carbocycles. The molecule has 156 valence electrons. The summed E-state index contributed by atoms with van der Waals surface area (Å²) in [5.74, 6) is 2.52. The third-order valence-electron chi connectivity index (χ3n) is 5.42. The van der Waals surface area contributed by atoms with Crippen LogP contribution in [0.3, 0.4) is 0 Å². The van der Waals surface area contributed by atoms with Crippen molar-refractivity contribution in [3.8, 4) is 5.75 Å². The Morgan fingerprint density at radius 2 is 2.07 bits per heavy atom. The largest absolute Gasteiger partial charge is 0.490 e. The number of likely N-dealkylation sites (tertiary alicyclic amines) is 1. The van der Waals surface area contributed by atoms with E-state index >= 15 is 0 Å². The van der Waals surface area contributed by atoms with E-state index in [4.69, 9.17) is 19.2 Å². The van der Waals surface area contributed by atoms with Gasteiger partial charge < -0.3 is 24.4 Å². The van der Waals surface area contributed by atoms with Crippen LogP contribution in [0.4, 0.5) is 0 Å². The van der Waals surface area contributed by atoms with Crippen LogP contribution in [0.5, 0.6) is 5.75 Å². The fourth-order valence-electron chi connectivity index (χ4n) is 3.56. The topological polar surface area (TPSA) is 55.3 Å². The van der Waals surface area contributed by atoms with Gasteiger partial charge in [-0.3, -0.25) is 0 Å². The molecular weight excluding hydrogens is 354 g/mol. The summed E-state index contributed by atoms with van der Waals surface area (Å²) >= 11 is 0. The summed E-state index contributed by atoms with van der Waals surface area (Å²) in [6.45, 7) is 7.73. The minimum atomic E-state index is 0.385. The van der Waals surface area contributed by atoms with E-state index in [1.165, 1.54) is 19.3 Å². The van der Waals surface area contributed by atoms with Crippen LogP contribution in [0.25, 0.3) is 0 Å². The van der Waals surface area contributed by atoms with Crippen LogP contribution in [-0.4, -0.2) is 63.5 Å². The van der Waals surface area contributed by atoms with Gasteiger partial charge in [0.15, 0.2) is 5.96 Å². The molecule has 1 N–H and O–H groups in total. The summed E-state index contributed by atoms with van der Waals surface area (Å²) in [6, 6.07) is 8.30. The summed E-state index contributed by atoms with van der Waals surface area (Å²) in [4.78, 5) is 7.26. The summed E-state index contributed by atoms with van der Waals surface area (Å²) in [7, 11) is 1.70. The number of hydrogen-bond donors (Lipinski definition) is 1. The Balaban J connectivity index is 1.56. The molecule has 6 heteroatoms. The molecule has 1 atom stereocenters. The molecule has 0 radical (unpaired) electrons. The Morgan fingerprint density at radius 1 is 1.21 bits per heavy atom. The van der Waals surface area contributed by atoms with Crippen molar-refractivity contribution < 1.29 is 14.2 Å². The van der Waals surface area contributed by atoms with Crippen molar-refractivity contribution in [2.45, 2.75) is 45.3 Å². The highest BCUT2D eigenvalue weighted by atomic mass is 16.5. The predicted octanol–water partition coefficient (Wildman–Crippen LogP) is 3.07. The molecule has 0 bridgehead atoms. The van der Waals surface area contributed by atoms with E-state index in [1.807, 2.05) is 6.07 Å². The molecule has 6 nitrogen and oxygen atoms in total. The normalized spacial score (nSPS) is 20.3. The maximum absolute atomic E-state index is 6.15. The van der Waals surface area contributed by atoms with E-state index in [1.54, 1.807) is 7.11 Å². The third kappa shape index (κ3) is 6.11. The average Bonchev–Trinajstić information content (AvgIpc) is 3.15. The Kier molecular flexibility index (Phi) is 8.42. The number of rotatable bonds is 10. The second kappa shape index (κ2) is 11.3. The van der Waals surface area contributed by atoms with Crippen LogP contribution < -0.4 is 10.1 Å². The molecule has 1 saturated carbocycles. The number of hydrogen-bond acceptors (Lipinski definition) is 4. The molecule has 3 rings (SSSR count). The van der Waals surface area contributed by atoms with Crippen LogP contribution >= 0.6 is 0 Å². The molecule has 2 aliphatic rings. The van der Waals surface area contributed by atoms with Crippen LogP contribution in [0.15, 0.2) is 29.3 Å². The number of para-hydroxylation sites is 1. The van der Waals surface area contributed by atoms with Crippen LogP contribution in [0.1, 0.15) is 38.2 Å². The number of benzene rings is 1. The van der Waals surface area contributed by atoms with Gasteiger partial charge >= 0.3 is 0 Å². The first-order chi connectivity index (χ1) is 13.8. The number of aliphatic imine (C=N–C) groups is 1. The Labute approximate surface area is 169 Å². The molecule has 1 heterocycles. The average molecular weight is 390 g/mol. The maximum Gasteiger partial charge on any atom is 0.194 e. The van der Waals surface area contributed by atoms with E-state index < -0.39 is 0 Å². The zero-order chi connectivity index (χ0) is 19.6. The zero-order valence-electron chi connectivity index (χ0n) is 17.4. The minimum absolute atomic E-state index is 0.385. The SMILES string of the molecule is CCNC(=NCc1ccccc1OC1CCC1)N1CCC(COCCOC)C1. The highest BCUT2D eigenvalue weighted by Gasteiger charge is 2.25. The van der Waals surface area contributed by atoms with Crippen molar-refractivity contribution in [1.29, 1.82) is 0 Å². The lowest BCUT2D eigenvalue weighted by Crippen LogP contribution is -2.40. The van der Waals surface area contributed by atoms with Gasteiger partial charge in [0, 0.05) is 38.2 Å². The van der Waals surface area contributed by atoms with Crippen LogP contribution in [-0.2, 0) is 16.0 Å². The summed E-state index contributed by atoms with van der Waals surface area (Å²) in [6.07, 6.45) is 5.14. The van der Waals surface area contributed by atoms with Crippen molar-refractivity contribution in [2.75, 3.05) is 46.6 Å². The van der Waals surface area contributed by atoms with Gasteiger partial charge in [0.2, 0.25) is 0 Å². The molecule has 0 amide bonds. The molecule has 0 aromatic heterocycles. The van der Waals surface area contributed by atoms with Gasteiger partial charge in [-0.1, -0.05) is 18.2 Å². The quantitative estimate of drug-likeness (QED) is 0.379. The number of methoxy groups -OCH3 is 1. The zero-order valence-corrected chi connectivity index (χ0v) is 17.4. The monoisotopic (exact) mass is 389 g/mol. The van der Waals surface area contributed by atoms with Gasteiger partial charge in [0.05, 0.1) is 32.5 Å². The highest BCUT2D eigenvalue weighted by Crippen LogP contribution is 2.28. The third-order valence-corrected chi connectivity index (χ3v) is 5.42. The van der Waals surface area contributed by atoms with Crippen molar-refractivity contribution in [3.63, 3.8) is 0 Å². The van der Waals surface area contributed by atoms with Crippen LogP contribution in [0.2, 0.25) is 0 Å². The molecule has 1 aromatic carbocycles. The van der Waals surface area contributed by atoms with E-state index in [0.29, 0.717) is 31.8 Å². The lowest BCUT2D eigenvalue weighted by molar-refractivity contribution is 0.0536. The predicted molar refractivity (Wildman–Crippen MR) is 112 cm³/mol. The number of nitrogens with zero attached hydrogens (tertiary/aromatic N) is 2. The molecule has 2 fully saturated rings. The Morgan fingerprint density at radius 3 is 2.82 bits per heavy atom. The van der Waals surface area contributed by atoms with Crippen molar-refractivity contribution in [1.82, 2.24) is 10.2 Å². The summed E-state index contributed by atoms with van der Waals surface area (Å²) in [5.41, 5.74) is 1.16. The molecule has 1 aromatic rings. The standard InChI is InChI=1S/C22H35N3O3/c1-3-23-22(25-12-11-18(16-25)17-27-14-13-26-2)24-15-19-7-4-5-10-21(19)28-20-8-6-9-20/h4-5,7,10,18,20H,3,6,8-9,11-17H2,1-2H3,(H,23,24). The maximum atomic E-state index is 6.15. The Bertz CT molecular complexity index is 619. The lowest BCUT2D eigenvalue weighted by atomic mass is 9.96. The first-order valence-corrected chi connectivity index (χ1v) is 10.6. The number of ether oxygens (including phenoxy) is 3. The molecule has 0 spiro atoms. The lowest BCUT2D eigenvalue weighted by Gasteiger charge is -2.27. The van der Waals surface area contributed by atoms with Crippen molar-refractivity contribution >= 4 is 5.96 Å². The van der Waals surface area contributed by atoms with Gasteiger partial charge in [-0.15, -0.1) is 0 Å². The van der Waals surface area contributed by atoms with E-state index in [2.05, 4.69) is 35.3 Å². The van der Waals surface area contributed by atoms with E-state index in [-0.39, 0.29) is 0 Å². The van der Waals surface area contributed by atoms with Gasteiger partial charge in [-0.05, 0) is 38.7 Å². The molecule has 1 aliphatic heterocycles. The van der Waals surface area contributed by atoms with E-state index in [0.717, 1.165) is 49.9 Å². The van der Waals surface area contributed by atoms with Crippen LogP contribution in [0, 0.1) is 5.92 Å². The van der Waals surface area contributed by atoms with Gasteiger partial charge in [0.1, 0.15) is 5.75 Å². The smallest absolute Gasteiger partial charge is 0.194 e. The van der Waals surface area contributed by atoms with Gasteiger partial charge in [-0.25, -0.2) is 4.99 Å². The van der Waals surface area contributed by atoms with Gasteiger partial charge in [0.25, 0.3) is 0 Å². The highest BCUT2D eigenvalue weighted by molar-refractivity contribution is 5.80. The molecule has 1 saturated heterocycles. The van der Waals surface area contributed by atoms with Gasteiger partial charge in [-0.2, -0.15) is 0 Å². The second-order valence-electron chi connectivity index (χ2n) is 7.62. The summed E-state index contributed by atoms with van der Waals surface area (Å²) < 4.78 is 16.9.